The van der Waals surface area contributed by atoms with Gasteiger partial charge in [-0.2, -0.15) is 5.10 Å². The van der Waals surface area contributed by atoms with Crippen LogP contribution in [0.4, 0.5) is 36.3 Å². The van der Waals surface area contributed by atoms with Gasteiger partial charge in [-0.25, -0.2) is 42.3 Å². The molecular weight excluding hydrogens is 1840 g/mol. The number of esters is 1. The normalized spacial score (nSPS) is 16.3. The maximum absolute atomic E-state index is 14.3. The van der Waals surface area contributed by atoms with Crippen LogP contribution < -0.4 is 5.73 Å². The number of aromatic nitrogens is 4. The summed E-state index contributed by atoms with van der Waals surface area (Å²) < 4.78 is 101. The van der Waals surface area contributed by atoms with E-state index in [4.69, 9.17) is 72.1 Å². The van der Waals surface area contributed by atoms with Crippen molar-refractivity contribution in [3.8, 4) is 11.1 Å². The van der Waals surface area contributed by atoms with Crippen LogP contribution in [0.5, 0.6) is 0 Å². The first-order valence-electron chi connectivity index (χ1n) is 45.3. The van der Waals surface area contributed by atoms with Crippen LogP contribution in [-0.4, -0.2) is 202 Å². The molecule has 6 aromatic rings. The smallest absolute Gasteiger partial charge is 0.411 e. The Morgan fingerprint density at radius 1 is 0.561 bits per heavy atom. The summed E-state index contributed by atoms with van der Waals surface area (Å²) in [5.74, 6) is -3.06. The third-order valence-electron chi connectivity index (χ3n) is 19.8. The highest BCUT2D eigenvalue weighted by molar-refractivity contribution is 9.09. The molecule has 0 radical (unpaired) electrons. The van der Waals surface area contributed by atoms with Gasteiger partial charge in [0, 0.05) is 86.8 Å². The number of hydrogen-bond donors (Lipinski definition) is 4. The van der Waals surface area contributed by atoms with E-state index in [2.05, 4.69) is 50.7 Å². The number of aliphatic carboxylic acids is 1. The number of carboxylic acids is 1. The lowest BCUT2D eigenvalue weighted by Gasteiger charge is -2.30. The minimum absolute atomic E-state index is 0. The van der Waals surface area contributed by atoms with Gasteiger partial charge in [0.05, 0.1) is 55.9 Å². The average Bonchev–Trinajstić information content (AvgIpc) is 1.61. The molecule has 0 bridgehead atoms. The van der Waals surface area contributed by atoms with Gasteiger partial charge >= 0.3 is 30.2 Å². The number of carbonyl (C=O) groups is 8. The van der Waals surface area contributed by atoms with Gasteiger partial charge in [0.1, 0.15) is 70.0 Å². The van der Waals surface area contributed by atoms with Gasteiger partial charge < -0.3 is 44.7 Å². The van der Waals surface area contributed by atoms with Crippen LogP contribution in [0.25, 0.3) is 22.0 Å². The second-order valence-electron chi connectivity index (χ2n) is 35.2. The van der Waals surface area contributed by atoms with Crippen molar-refractivity contribution < 1.29 is 102 Å². The van der Waals surface area contributed by atoms with Gasteiger partial charge in [0.15, 0.2) is 23.4 Å². The van der Waals surface area contributed by atoms with E-state index < -0.39 is 115 Å². The molecule has 5 heterocycles. The Bertz CT molecular complexity index is 4630. The molecule has 0 saturated carbocycles. The van der Waals surface area contributed by atoms with Gasteiger partial charge in [-0.05, 0) is 220 Å². The number of allylic oxidation sites excluding steroid dienone is 3. The molecule has 33 heteroatoms. The van der Waals surface area contributed by atoms with Crippen molar-refractivity contribution in [3.05, 3.63) is 183 Å². The summed E-state index contributed by atoms with van der Waals surface area (Å²) in [5.41, 5.74) is 7.40. The number of aryl methyl sites for hydroxylation is 3. The highest BCUT2D eigenvalue weighted by Gasteiger charge is 2.46. The number of aliphatic hydroxyl groups excluding tert-OH is 2. The van der Waals surface area contributed by atoms with Crippen LogP contribution in [0.3, 0.4) is 0 Å². The SMILES string of the molecule is C.C=CCCCCCCCCBr.C=CCCCCCCCCO[C@@H]1CCN(C(=O)OC(C)(C)C)[C@@H]1C(=O)CCc1cccc(Cl)c1F.C=CCc1cc(-c2cnc(C)nc2)cc2c(C(C)=O)nn(CC(=O)OC(C)(C)C)c12.CC(C)(C)OC(=O)N1CC[C@@H](O)[C@H]1C(=O)CCc1cccc(Cl)c1F.CC(C)(C)OC(=O)N1CC[C@@H](O)[C@H]1C(=O)O.NCc1cccc(Cl)c1F.[2H]CF.[2H]CF. The van der Waals surface area contributed by atoms with Crippen molar-refractivity contribution >= 4 is 109 Å². The summed E-state index contributed by atoms with van der Waals surface area (Å²) in [4.78, 5) is 111. The van der Waals surface area contributed by atoms with Gasteiger partial charge in [-0.1, -0.05) is 164 Å². The number of rotatable bonds is 34. The molecule has 3 amide bonds. The number of ether oxygens (including phenoxy) is 5. The van der Waals surface area contributed by atoms with E-state index in [0.29, 0.717) is 66.0 Å². The molecule has 6 atom stereocenters. The van der Waals surface area contributed by atoms with E-state index >= 15 is 0 Å². The molecule has 2 aromatic heterocycles. The molecule has 24 nitrogen and oxygen atoms in total. The quantitative estimate of drug-likeness (QED) is 0.00554. The molecule has 9 rings (SSSR count). The number of halogens is 9. The van der Waals surface area contributed by atoms with Crippen LogP contribution in [0.2, 0.25) is 15.1 Å². The Morgan fingerprint density at radius 2 is 0.955 bits per heavy atom. The van der Waals surface area contributed by atoms with E-state index in [1.807, 2.05) is 52.0 Å². The van der Waals surface area contributed by atoms with Crippen LogP contribution in [0, 0.1) is 24.4 Å². The zero-order valence-electron chi connectivity index (χ0n) is 80.5. The van der Waals surface area contributed by atoms with Crippen molar-refractivity contribution in [3.63, 3.8) is 0 Å². The number of carbonyl (C=O) groups excluding carboxylic acids is 7. The molecule has 3 aliphatic rings. The average molecular weight is 1980 g/mol. The topological polar surface area (TPSA) is 323 Å². The minimum Gasteiger partial charge on any atom is -0.480 e. The lowest BCUT2D eigenvalue weighted by molar-refractivity contribution is -0.155. The van der Waals surface area contributed by atoms with Crippen LogP contribution in [-0.2, 0) is 75.2 Å². The van der Waals surface area contributed by atoms with E-state index in [0.717, 1.165) is 52.8 Å². The van der Waals surface area contributed by atoms with Crippen molar-refractivity contribution in [2.24, 2.45) is 5.73 Å². The Balaban J connectivity index is 0.000000829. The molecule has 132 heavy (non-hydrogen) atoms. The third-order valence-corrected chi connectivity index (χ3v) is 21.3. The lowest BCUT2D eigenvalue weighted by Crippen LogP contribution is -2.47. The number of nitrogens with zero attached hydrogens (tertiary/aromatic N) is 7. The summed E-state index contributed by atoms with van der Waals surface area (Å²) in [6.45, 7) is 37.2. The van der Waals surface area contributed by atoms with Crippen molar-refractivity contribution in [2.45, 2.75) is 318 Å². The largest absolute Gasteiger partial charge is 0.480 e. The van der Waals surface area contributed by atoms with Crippen LogP contribution in [0.15, 0.2) is 117 Å². The number of ketones is 3. The second kappa shape index (κ2) is 62.0. The Morgan fingerprint density at radius 3 is 1.36 bits per heavy atom. The van der Waals surface area contributed by atoms with Crippen LogP contribution in [0.1, 0.15) is 261 Å². The monoisotopic (exact) mass is 1980 g/mol. The predicted octanol–water partition coefficient (Wildman–Crippen LogP) is 23.2. The molecule has 0 spiro atoms. The number of alkyl halides is 3. The first kappa shape index (κ1) is 117. The number of likely N-dealkylation sites (tertiary alicyclic amines) is 3. The number of aliphatic hydroxyl groups is 2. The number of nitrogens with two attached hydrogens (primary N) is 1. The second-order valence-corrected chi connectivity index (χ2v) is 37.2. The summed E-state index contributed by atoms with van der Waals surface area (Å²) in [7, 11) is -2.00. The fourth-order valence-corrected chi connectivity index (χ4v) is 14.8. The Labute approximate surface area is 804 Å². The number of carboxylic acid groups (broad SMARTS) is 1. The molecule has 0 aliphatic carbocycles. The van der Waals surface area contributed by atoms with Gasteiger partial charge in [-0.3, -0.25) is 47.3 Å². The van der Waals surface area contributed by atoms with E-state index in [1.54, 1.807) is 122 Å². The number of fused-ring (bicyclic) bond motifs is 1. The molecular formula is C99H143BrCl3F5N8O16. The minimum atomic E-state index is -1.21. The highest BCUT2D eigenvalue weighted by atomic mass is 79.9. The maximum atomic E-state index is 14.3. The van der Waals surface area contributed by atoms with Crippen molar-refractivity contribution in [1.29, 1.82) is 0 Å². The summed E-state index contributed by atoms with van der Waals surface area (Å²) in [6.07, 6.45) is 24.4. The number of unbranched alkanes of at least 4 members (excludes halogenated alkanes) is 12. The summed E-state index contributed by atoms with van der Waals surface area (Å²) >= 11 is 20.5. The zero-order chi connectivity index (χ0) is 101. The third kappa shape index (κ3) is 43.7. The predicted molar refractivity (Wildman–Crippen MR) is 517 cm³/mol. The molecule has 738 valence electrons. The Hall–Kier alpha value is -8.75. The number of Topliss-reactive ketones (excluding diaryl/α,β-unsaturated/α-hetero) is 3. The molecule has 3 saturated heterocycles. The maximum Gasteiger partial charge on any atom is 0.411 e. The summed E-state index contributed by atoms with van der Waals surface area (Å²) in [5, 5.41) is 34.9. The fraction of sp³-hybridized carbons (Fsp3) is 0.566. The van der Waals surface area contributed by atoms with E-state index in [-0.39, 0.29) is 104 Å². The molecule has 3 aliphatic heterocycles. The van der Waals surface area contributed by atoms with Gasteiger partial charge in [0.2, 0.25) is 0 Å². The number of hydrogen-bond acceptors (Lipinski definition) is 19. The molecule has 5 N–H and O–H groups in total. The van der Waals surface area contributed by atoms with Crippen molar-refractivity contribution in [1.82, 2.24) is 34.4 Å². The van der Waals surface area contributed by atoms with Gasteiger partial charge in [-0.15, -0.1) is 19.7 Å². The van der Waals surface area contributed by atoms with Crippen LogP contribution >= 0.6 is 50.7 Å². The number of amides is 3. The summed E-state index contributed by atoms with van der Waals surface area (Å²) in [6, 6.07) is 15.2. The Kier molecular flexibility index (Phi) is 55.2. The lowest BCUT2D eigenvalue weighted by atomic mass is 9.98. The highest BCUT2D eigenvalue weighted by Crippen LogP contribution is 2.34. The van der Waals surface area contributed by atoms with E-state index in [9.17, 15) is 70.5 Å². The molecule has 0 unspecified atom stereocenters. The van der Waals surface area contributed by atoms with Crippen molar-refractivity contribution in [2.75, 3.05) is 45.9 Å². The number of benzene rings is 4. The first-order chi connectivity index (χ1) is 62.5. The molecule has 3 fully saturated rings. The van der Waals surface area contributed by atoms with E-state index in [1.165, 1.54) is 104 Å². The first-order valence-corrected chi connectivity index (χ1v) is 46.2. The standard InChI is InChI=1S/C28H41ClFNO4.C23H26N4O3.C18H23ClFNO4.C10H19Br.C10H17NO5.C7H7ClFN.2CH3F.CH4/c1-5-6-7-8-9-10-11-12-20-34-24-18-19-31(27(33)35-28(2,3)4)26(24)23(32)17-16-21-14-13-15-22(29)25(21)30;1-7-8-16-9-17(18-11-24-15(3)25-12-18)10-19-21(14(2)28)26-27(22(16)19)13-20(29)30-23(4,5)6;1-18(2,3)25-17(24)21-10-9-14(23)16(21)13(22)8-7-11-5-4-6-12(19)15(11)20;1-2-3-4-5-6-7-8-9-10-11;1-10(2,3)16-9(15)11-5-4-6(12)7(11)8(13)14;8-6-3-1-2-5(4-10)7(6)9;2*1-2;/h5,13-15,24,26H,1,6-12,16-20H2,2-4H3;7,9-12H,1,8,13H2,2-6H3;4-6,14,16,23H,7-10H2,1-3H3;2H,1,3-10H2;6-7,12H,4-5H2,1-3H3,(H,13,14);1-3H,4,10H2;2*1H3;1H4/t24-,26-;;14-,16-;;6-,7+;;;;/m1.1.1..../s1/i;;;;;;2*1D;. The molecule has 4 aromatic carbocycles. The van der Waals surface area contributed by atoms with Gasteiger partial charge in [0.25, 0.3) is 0 Å². The fourth-order valence-electron chi connectivity index (χ4n) is 13.9. The zero-order valence-corrected chi connectivity index (χ0v) is 82.4.